The highest BCUT2D eigenvalue weighted by Crippen LogP contribution is 2.35. The lowest BCUT2D eigenvalue weighted by atomic mass is 9.85. The lowest BCUT2D eigenvalue weighted by Gasteiger charge is -2.15. The standard InChI is InChI=1S/C22H20N2O4/c25-20(14-24-21(26)18-11-4-5-12-19(18)22(24)27)23-15-7-6-10-17(13-15)28-16-8-2-1-3-9-16/h1-10,13,18-19H,11-12,14H2,(H,23,25). The molecule has 0 radical (unpaired) electrons. The van der Waals surface area contributed by atoms with Crippen LogP contribution in [-0.2, 0) is 14.4 Å². The normalized spacial score (nSPS) is 20.8. The zero-order valence-electron chi connectivity index (χ0n) is 15.2. The Morgan fingerprint density at radius 1 is 0.929 bits per heavy atom. The van der Waals surface area contributed by atoms with Gasteiger partial charge in [-0.3, -0.25) is 19.3 Å². The van der Waals surface area contributed by atoms with Crippen LogP contribution >= 0.6 is 0 Å². The zero-order chi connectivity index (χ0) is 19.5. The zero-order valence-corrected chi connectivity index (χ0v) is 15.2. The van der Waals surface area contributed by atoms with Crippen LogP contribution in [0.2, 0.25) is 0 Å². The quantitative estimate of drug-likeness (QED) is 0.641. The van der Waals surface area contributed by atoms with Crippen molar-refractivity contribution in [2.24, 2.45) is 11.8 Å². The minimum atomic E-state index is -0.412. The number of amides is 3. The van der Waals surface area contributed by atoms with Crippen LogP contribution in [0.25, 0.3) is 0 Å². The molecule has 1 aliphatic heterocycles. The number of para-hydroxylation sites is 1. The number of hydrogen-bond acceptors (Lipinski definition) is 4. The molecule has 0 saturated carbocycles. The van der Waals surface area contributed by atoms with Crippen molar-refractivity contribution in [3.63, 3.8) is 0 Å². The van der Waals surface area contributed by atoms with E-state index >= 15 is 0 Å². The maximum absolute atomic E-state index is 12.5. The Bertz CT molecular complexity index is 913. The van der Waals surface area contributed by atoms with Gasteiger partial charge in [-0.15, -0.1) is 0 Å². The fraction of sp³-hybridized carbons (Fsp3) is 0.227. The van der Waals surface area contributed by atoms with Gasteiger partial charge in [-0.25, -0.2) is 0 Å². The first-order valence-corrected chi connectivity index (χ1v) is 9.25. The fourth-order valence-electron chi connectivity index (χ4n) is 3.63. The number of anilines is 1. The number of carbonyl (C=O) groups excluding carboxylic acids is 3. The Labute approximate surface area is 162 Å². The Morgan fingerprint density at radius 3 is 2.25 bits per heavy atom. The average molecular weight is 376 g/mol. The smallest absolute Gasteiger partial charge is 0.244 e. The van der Waals surface area contributed by atoms with Crippen molar-refractivity contribution in [3.8, 4) is 11.5 Å². The number of fused-ring (bicyclic) bond motifs is 1. The van der Waals surface area contributed by atoms with Gasteiger partial charge >= 0.3 is 0 Å². The van der Waals surface area contributed by atoms with Gasteiger partial charge in [-0.2, -0.15) is 0 Å². The van der Waals surface area contributed by atoms with Gasteiger partial charge < -0.3 is 10.1 Å². The summed E-state index contributed by atoms with van der Waals surface area (Å²) in [5, 5.41) is 2.74. The highest BCUT2D eigenvalue weighted by Gasteiger charge is 2.47. The molecule has 1 N–H and O–H groups in total. The largest absolute Gasteiger partial charge is 0.457 e. The van der Waals surface area contributed by atoms with Crippen LogP contribution in [0.1, 0.15) is 12.8 Å². The number of benzene rings is 2. The lowest BCUT2D eigenvalue weighted by Crippen LogP contribution is -2.38. The summed E-state index contributed by atoms with van der Waals surface area (Å²) < 4.78 is 5.76. The van der Waals surface area contributed by atoms with E-state index in [9.17, 15) is 14.4 Å². The van der Waals surface area contributed by atoms with Crippen molar-refractivity contribution in [2.45, 2.75) is 12.8 Å². The monoisotopic (exact) mass is 376 g/mol. The summed E-state index contributed by atoms with van der Waals surface area (Å²) in [7, 11) is 0. The summed E-state index contributed by atoms with van der Waals surface area (Å²) in [6.07, 6.45) is 4.97. The van der Waals surface area contributed by atoms with Crippen LogP contribution in [0, 0.1) is 11.8 Å². The number of ether oxygens (including phenoxy) is 1. The molecule has 2 aromatic rings. The van der Waals surface area contributed by atoms with Gasteiger partial charge in [0.05, 0.1) is 11.8 Å². The maximum Gasteiger partial charge on any atom is 0.244 e. The number of carbonyl (C=O) groups is 3. The van der Waals surface area contributed by atoms with Crippen LogP contribution in [0.15, 0.2) is 66.7 Å². The van der Waals surface area contributed by atoms with Crippen molar-refractivity contribution >= 4 is 23.4 Å². The van der Waals surface area contributed by atoms with Gasteiger partial charge in [0.25, 0.3) is 0 Å². The summed E-state index contributed by atoms with van der Waals surface area (Å²) in [4.78, 5) is 38.4. The van der Waals surface area contributed by atoms with Crippen LogP contribution in [0.3, 0.4) is 0 Å². The Balaban J connectivity index is 1.40. The highest BCUT2D eigenvalue weighted by molar-refractivity contribution is 6.08. The predicted octanol–water partition coefficient (Wildman–Crippen LogP) is 3.37. The topological polar surface area (TPSA) is 75.7 Å². The molecule has 28 heavy (non-hydrogen) atoms. The number of hydrogen-bond donors (Lipinski definition) is 1. The van der Waals surface area contributed by atoms with Crippen LogP contribution in [0.4, 0.5) is 5.69 Å². The molecule has 2 aromatic carbocycles. The summed E-state index contributed by atoms with van der Waals surface area (Å²) in [5.74, 6) is -0.304. The van der Waals surface area contributed by atoms with Crippen molar-refractivity contribution in [1.82, 2.24) is 4.90 Å². The molecular formula is C22H20N2O4. The van der Waals surface area contributed by atoms with E-state index in [1.54, 1.807) is 24.3 Å². The number of likely N-dealkylation sites (tertiary alicyclic amines) is 1. The Kier molecular flexibility index (Phi) is 4.93. The lowest BCUT2D eigenvalue weighted by molar-refractivity contribution is -0.142. The molecule has 2 unspecified atom stereocenters. The minimum absolute atomic E-state index is 0.254. The average Bonchev–Trinajstić information content (AvgIpc) is 2.94. The molecule has 2 aliphatic rings. The Hall–Kier alpha value is -3.41. The fourth-order valence-corrected chi connectivity index (χ4v) is 3.63. The van der Waals surface area contributed by atoms with Crippen molar-refractivity contribution in [3.05, 3.63) is 66.7 Å². The summed E-state index contributed by atoms with van der Waals surface area (Å²) >= 11 is 0. The molecule has 4 rings (SSSR count). The van der Waals surface area contributed by atoms with E-state index < -0.39 is 5.91 Å². The van der Waals surface area contributed by atoms with Gasteiger partial charge in [0.1, 0.15) is 18.0 Å². The highest BCUT2D eigenvalue weighted by atomic mass is 16.5. The van der Waals surface area contributed by atoms with Gasteiger partial charge in [-0.1, -0.05) is 36.4 Å². The van der Waals surface area contributed by atoms with E-state index in [-0.39, 0.29) is 30.2 Å². The first kappa shape index (κ1) is 18.0. The molecule has 1 fully saturated rings. The van der Waals surface area contributed by atoms with Crippen molar-refractivity contribution in [1.29, 1.82) is 0 Å². The van der Waals surface area contributed by atoms with Gasteiger partial charge in [-0.05, 0) is 37.1 Å². The van der Waals surface area contributed by atoms with Crippen LogP contribution in [0.5, 0.6) is 11.5 Å². The van der Waals surface area contributed by atoms with E-state index in [4.69, 9.17) is 4.74 Å². The molecule has 6 nitrogen and oxygen atoms in total. The number of nitrogens with zero attached hydrogens (tertiary/aromatic N) is 1. The second-order valence-electron chi connectivity index (χ2n) is 6.91. The van der Waals surface area contributed by atoms with E-state index in [0.717, 1.165) is 4.90 Å². The van der Waals surface area contributed by atoms with E-state index in [1.165, 1.54) is 0 Å². The summed E-state index contributed by atoms with van der Waals surface area (Å²) in [5.41, 5.74) is 0.539. The summed E-state index contributed by atoms with van der Waals surface area (Å²) in [6.45, 7) is -0.269. The number of allylic oxidation sites excluding steroid dienone is 2. The number of rotatable bonds is 5. The Morgan fingerprint density at radius 2 is 1.57 bits per heavy atom. The van der Waals surface area contributed by atoms with Gasteiger partial charge in [0.15, 0.2) is 0 Å². The second kappa shape index (κ2) is 7.68. The molecule has 2 atom stereocenters. The van der Waals surface area contributed by atoms with Crippen LogP contribution < -0.4 is 10.1 Å². The van der Waals surface area contributed by atoms with Crippen molar-refractivity contribution < 1.29 is 19.1 Å². The van der Waals surface area contributed by atoms with Crippen molar-refractivity contribution in [2.75, 3.05) is 11.9 Å². The third kappa shape index (κ3) is 3.67. The first-order valence-electron chi connectivity index (χ1n) is 9.25. The molecule has 0 bridgehead atoms. The molecule has 0 aromatic heterocycles. The third-order valence-electron chi connectivity index (χ3n) is 5.00. The molecule has 0 spiro atoms. The van der Waals surface area contributed by atoms with E-state index in [2.05, 4.69) is 5.32 Å². The van der Waals surface area contributed by atoms with Gasteiger partial charge in [0, 0.05) is 11.8 Å². The molecule has 1 heterocycles. The molecule has 1 saturated heterocycles. The second-order valence-corrected chi connectivity index (χ2v) is 6.91. The molecule has 1 aliphatic carbocycles. The third-order valence-corrected chi connectivity index (χ3v) is 5.00. The number of nitrogens with one attached hydrogen (secondary N) is 1. The first-order chi connectivity index (χ1) is 13.6. The molecule has 142 valence electrons. The molecule has 6 heteroatoms. The molecule has 3 amide bonds. The van der Waals surface area contributed by atoms with E-state index in [0.29, 0.717) is 30.0 Å². The maximum atomic E-state index is 12.5. The minimum Gasteiger partial charge on any atom is -0.457 e. The molecular weight excluding hydrogens is 356 g/mol. The summed E-state index contributed by atoms with van der Waals surface area (Å²) in [6, 6.07) is 16.3. The predicted molar refractivity (Wildman–Crippen MR) is 104 cm³/mol. The van der Waals surface area contributed by atoms with Crippen LogP contribution in [-0.4, -0.2) is 29.2 Å². The van der Waals surface area contributed by atoms with E-state index in [1.807, 2.05) is 42.5 Å². The van der Waals surface area contributed by atoms with Gasteiger partial charge in [0.2, 0.25) is 17.7 Å². The number of imide groups is 1. The SMILES string of the molecule is O=C(CN1C(=O)C2CC=CCC2C1=O)Nc1cccc(Oc2ccccc2)c1.